The van der Waals surface area contributed by atoms with Crippen molar-refractivity contribution in [1.29, 1.82) is 0 Å². The molecule has 3 aliphatic rings. The highest BCUT2D eigenvalue weighted by Gasteiger charge is 2.53. The van der Waals surface area contributed by atoms with Crippen molar-refractivity contribution in [3.8, 4) is 0 Å². The van der Waals surface area contributed by atoms with Crippen LogP contribution in [0.4, 0.5) is 16.2 Å². The zero-order chi connectivity index (χ0) is 30.7. The van der Waals surface area contributed by atoms with Crippen molar-refractivity contribution in [2.45, 2.75) is 57.1 Å². The largest absolute Gasteiger partial charge is 0.446 e. The third-order valence-corrected chi connectivity index (χ3v) is 10.7. The Morgan fingerprint density at radius 1 is 1.14 bits per heavy atom. The smallest absolute Gasteiger partial charge is 0.407 e. The normalized spacial score (nSPS) is 22.6. The van der Waals surface area contributed by atoms with Gasteiger partial charge in [-0.1, -0.05) is 35.9 Å². The second kappa shape index (κ2) is 13.2. The Morgan fingerprint density at radius 2 is 1.91 bits per heavy atom. The Bertz CT molecular complexity index is 1470. The average Bonchev–Trinajstić information content (AvgIpc) is 3.66. The lowest BCUT2D eigenvalue weighted by molar-refractivity contribution is 0.00180. The molecule has 1 saturated carbocycles. The van der Waals surface area contributed by atoms with Crippen LogP contribution in [-0.2, 0) is 16.7 Å². The van der Waals surface area contributed by atoms with E-state index in [0.29, 0.717) is 17.5 Å². The summed E-state index contributed by atoms with van der Waals surface area (Å²) >= 11 is 6.69. The van der Waals surface area contributed by atoms with Crippen LogP contribution in [-0.4, -0.2) is 66.4 Å². The van der Waals surface area contributed by atoms with Crippen LogP contribution in [0.25, 0.3) is 4.85 Å². The molecule has 8 nitrogen and oxygen atoms in total. The fourth-order valence-electron chi connectivity index (χ4n) is 8.20. The first-order chi connectivity index (χ1) is 21.4. The number of piperidine rings is 1. The van der Waals surface area contributed by atoms with Gasteiger partial charge in [-0.15, -0.1) is 0 Å². The Balaban J connectivity index is 1.22. The topological polar surface area (TPSA) is 67.0 Å². The first-order valence-corrected chi connectivity index (χ1v) is 16.3. The lowest BCUT2D eigenvalue weighted by Crippen LogP contribution is -2.55. The highest BCUT2D eigenvalue weighted by molar-refractivity contribution is 6.30. The molecule has 232 valence electrons. The van der Waals surface area contributed by atoms with Crippen LogP contribution < -0.4 is 10.2 Å². The van der Waals surface area contributed by atoms with Gasteiger partial charge in [0.05, 0.1) is 6.57 Å². The van der Waals surface area contributed by atoms with Gasteiger partial charge < -0.3 is 24.4 Å². The molecule has 9 heteroatoms. The Hall–Kier alpha value is -3.54. The molecule has 6 rings (SSSR count). The van der Waals surface area contributed by atoms with Gasteiger partial charge in [-0.25, -0.2) is 14.6 Å². The number of imidazole rings is 1. The van der Waals surface area contributed by atoms with E-state index in [0.717, 1.165) is 82.2 Å². The molecule has 2 aromatic carbocycles. The van der Waals surface area contributed by atoms with E-state index in [-0.39, 0.29) is 23.5 Å². The molecule has 1 aliphatic carbocycles. The first kappa shape index (κ1) is 30.5. The number of amides is 1. The van der Waals surface area contributed by atoms with E-state index in [2.05, 4.69) is 73.0 Å². The number of carbonyl (C=O) groups excluding carboxylic acids is 1. The number of alkyl carbamates (subject to hydrolysis) is 1. The number of ether oxygens (including phenoxy) is 1. The van der Waals surface area contributed by atoms with Gasteiger partial charge in [0.1, 0.15) is 11.9 Å². The number of nitrogens with one attached hydrogen (secondary N) is 1. The molecule has 1 unspecified atom stereocenters. The number of benzene rings is 2. The third-order valence-electron chi connectivity index (χ3n) is 10.4. The second-order valence-electron chi connectivity index (χ2n) is 12.9. The zero-order valence-corrected chi connectivity index (χ0v) is 26.5. The minimum Gasteiger partial charge on any atom is -0.446 e. The summed E-state index contributed by atoms with van der Waals surface area (Å²) in [6, 6.07) is 16.4. The molecule has 44 heavy (non-hydrogen) atoms. The van der Waals surface area contributed by atoms with Crippen molar-refractivity contribution in [2.75, 3.05) is 44.7 Å². The van der Waals surface area contributed by atoms with E-state index in [4.69, 9.17) is 22.9 Å². The number of hydrogen-bond acceptors (Lipinski definition) is 5. The van der Waals surface area contributed by atoms with Crippen LogP contribution in [0.1, 0.15) is 43.5 Å². The molecule has 0 bridgehead atoms. The van der Waals surface area contributed by atoms with Gasteiger partial charge >= 0.3 is 6.09 Å². The molecule has 1 aromatic heterocycles. The number of likely N-dealkylation sites (tertiary alicyclic amines) is 1. The number of rotatable bonds is 9. The van der Waals surface area contributed by atoms with Crippen molar-refractivity contribution < 1.29 is 9.53 Å². The van der Waals surface area contributed by atoms with Gasteiger partial charge in [0, 0.05) is 73.6 Å². The first-order valence-electron chi connectivity index (χ1n) is 16.0. The van der Waals surface area contributed by atoms with E-state index >= 15 is 0 Å². The summed E-state index contributed by atoms with van der Waals surface area (Å²) in [4.78, 5) is 25.7. The quantitative estimate of drug-likeness (QED) is 0.272. The molecule has 0 spiro atoms. The number of nitrogens with zero attached hydrogens (tertiary/aromatic N) is 5. The van der Waals surface area contributed by atoms with Crippen LogP contribution in [0.15, 0.2) is 60.9 Å². The van der Waals surface area contributed by atoms with Crippen molar-refractivity contribution in [2.24, 2.45) is 17.8 Å². The number of aryl methyl sites for hydroxylation is 1. The highest BCUT2D eigenvalue weighted by Crippen LogP contribution is 2.52. The van der Waals surface area contributed by atoms with Gasteiger partial charge in [0.15, 0.2) is 5.69 Å². The van der Waals surface area contributed by atoms with Crippen molar-refractivity contribution in [1.82, 2.24) is 19.8 Å². The Labute approximate surface area is 266 Å². The van der Waals surface area contributed by atoms with Crippen molar-refractivity contribution in [3.63, 3.8) is 0 Å². The summed E-state index contributed by atoms with van der Waals surface area (Å²) in [5, 5.41) is 3.42. The second-order valence-corrected chi connectivity index (χ2v) is 13.3. The lowest BCUT2D eigenvalue weighted by Gasteiger charge is -2.51. The minimum atomic E-state index is -0.354. The van der Waals surface area contributed by atoms with Crippen LogP contribution in [0.5, 0.6) is 0 Å². The molecular weight excluding hydrogens is 572 g/mol. The lowest BCUT2D eigenvalue weighted by atomic mass is 9.58. The van der Waals surface area contributed by atoms with Crippen LogP contribution >= 0.6 is 11.6 Å². The van der Waals surface area contributed by atoms with E-state index in [1.807, 2.05) is 24.4 Å². The monoisotopic (exact) mass is 614 g/mol. The maximum absolute atomic E-state index is 12.5. The SMILES string of the molecule is [C-]#[N+]c1ccc(N2CC(CN3CCC(C(Cn4ccnc4C)(c4cccc(Cl)c4)[C@H]4CCC[C@@H]4OC(=O)NC)CC3)C2)cc1. The van der Waals surface area contributed by atoms with Crippen LogP contribution in [0.2, 0.25) is 5.02 Å². The summed E-state index contributed by atoms with van der Waals surface area (Å²) < 4.78 is 8.38. The van der Waals surface area contributed by atoms with Gasteiger partial charge in [-0.05, 0) is 87.9 Å². The number of aromatic nitrogens is 2. The maximum Gasteiger partial charge on any atom is 0.407 e. The number of carbonyl (C=O) groups is 1. The molecular formula is C35H43ClN6O2. The molecule has 3 heterocycles. The van der Waals surface area contributed by atoms with Gasteiger partial charge in [-0.2, -0.15) is 0 Å². The summed E-state index contributed by atoms with van der Waals surface area (Å²) in [7, 11) is 1.63. The number of halogens is 1. The van der Waals surface area contributed by atoms with E-state index in [9.17, 15) is 4.79 Å². The van der Waals surface area contributed by atoms with Crippen LogP contribution in [0.3, 0.4) is 0 Å². The fourth-order valence-corrected chi connectivity index (χ4v) is 8.39. The average molecular weight is 615 g/mol. The maximum atomic E-state index is 12.5. The Kier molecular flexibility index (Phi) is 9.16. The van der Waals surface area contributed by atoms with Gasteiger partial charge in [-0.3, -0.25) is 0 Å². The predicted molar refractivity (Wildman–Crippen MR) is 174 cm³/mol. The summed E-state index contributed by atoms with van der Waals surface area (Å²) in [6.07, 6.45) is 8.55. The van der Waals surface area contributed by atoms with Crippen molar-refractivity contribution in [3.05, 3.63) is 88.8 Å². The highest BCUT2D eigenvalue weighted by atomic mass is 35.5. The fraction of sp³-hybridized carbons (Fsp3) is 0.514. The van der Waals surface area contributed by atoms with E-state index in [1.165, 1.54) is 11.3 Å². The van der Waals surface area contributed by atoms with E-state index in [1.54, 1.807) is 7.05 Å². The standard InChI is InChI=1S/C35H43ClN6O2/c1-25-39-16-19-41(25)24-35(28-6-4-7-29(36)20-28,32-8-5-9-33(32)44-34(43)38-3)27-14-17-40(18-15-27)21-26-22-42(23-26)31-12-10-30(37-2)11-13-31/h4,6-7,10-13,16,19-20,26-27,32-33H,5,8-9,14-15,17-18,21-24H2,1,3H3,(H,38,43)/t32-,33-,35?/m0/s1. The van der Waals surface area contributed by atoms with Gasteiger partial charge in [0.25, 0.3) is 0 Å². The predicted octanol–water partition coefficient (Wildman–Crippen LogP) is 6.71. The zero-order valence-electron chi connectivity index (χ0n) is 25.8. The molecule has 3 aromatic rings. The Morgan fingerprint density at radius 3 is 2.57 bits per heavy atom. The van der Waals surface area contributed by atoms with Crippen LogP contribution in [0, 0.1) is 31.2 Å². The molecule has 0 radical (unpaired) electrons. The molecule has 3 fully saturated rings. The minimum absolute atomic E-state index is 0.152. The molecule has 1 amide bonds. The van der Waals surface area contributed by atoms with E-state index < -0.39 is 0 Å². The summed E-state index contributed by atoms with van der Waals surface area (Å²) in [6.45, 7) is 15.4. The number of hydrogen-bond donors (Lipinski definition) is 1. The van der Waals surface area contributed by atoms with Gasteiger partial charge in [0.2, 0.25) is 0 Å². The summed E-state index contributed by atoms with van der Waals surface area (Å²) in [5.74, 6) is 2.22. The molecule has 2 saturated heterocycles. The molecule has 1 N–H and O–H groups in total. The summed E-state index contributed by atoms with van der Waals surface area (Å²) in [5.41, 5.74) is 2.88. The number of anilines is 1. The van der Waals surface area contributed by atoms with Crippen molar-refractivity contribution >= 4 is 29.1 Å². The third kappa shape index (κ3) is 6.18. The molecule has 2 aliphatic heterocycles. The molecule has 3 atom stereocenters.